The van der Waals surface area contributed by atoms with E-state index in [0.29, 0.717) is 11.4 Å². The topological polar surface area (TPSA) is 94.3 Å². The third-order valence-corrected chi connectivity index (χ3v) is 5.78. The molecule has 0 radical (unpaired) electrons. The number of carbonyl (C=O) groups excluding carboxylic acids is 2. The molecule has 0 spiro atoms. The molecule has 0 aliphatic carbocycles. The van der Waals surface area contributed by atoms with Crippen molar-refractivity contribution >= 4 is 28.9 Å². The summed E-state index contributed by atoms with van der Waals surface area (Å²) >= 11 is 0. The molecule has 2 aliphatic rings. The van der Waals surface area contributed by atoms with Gasteiger partial charge in [0.2, 0.25) is 5.91 Å². The third-order valence-electron chi connectivity index (χ3n) is 5.78. The molecule has 1 atom stereocenters. The van der Waals surface area contributed by atoms with Crippen molar-refractivity contribution in [1.29, 1.82) is 0 Å². The first-order valence-electron chi connectivity index (χ1n) is 10.6. The highest BCUT2D eigenvalue weighted by atomic mass is 19.1. The summed E-state index contributed by atoms with van der Waals surface area (Å²) in [5, 5.41) is 8.56. The van der Waals surface area contributed by atoms with Crippen LogP contribution in [-0.2, 0) is 16.1 Å². The van der Waals surface area contributed by atoms with Crippen LogP contribution in [0.1, 0.15) is 12.0 Å². The van der Waals surface area contributed by atoms with Gasteiger partial charge in [-0.2, -0.15) is 5.10 Å². The number of rotatable bonds is 6. The molecule has 1 fully saturated rings. The first-order valence-corrected chi connectivity index (χ1v) is 10.6. The molecular weight excluding hydrogens is 411 g/mol. The number of nitrogens with zero attached hydrogens (tertiary/aromatic N) is 4. The maximum Gasteiger partial charge on any atom is 0.271 e. The second-order valence-electron chi connectivity index (χ2n) is 8.22. The van der Waals surface area contributed by atoms with Gasteiger partial charge in [-0.05, 0) is 49.0 Å². The zero-order valence-corrected chi connectivity index (χ0v) is 18.0. The molecule has 0 aromatic heterocycles. The first-order chi connectivity index (χ1) is 15.4. The predicted octanol–water partition coefficient (Wildman–Crippen LogP) is 1.63. The van der Waals surface area contributed by atoms with Gasteiger partial charge in [-0.3, -0.25) is 19.5 Å². The zero-order chi connectivity index (χ0) is 22.7. The normalized spacial score (nSPS) is 19.6. The van der Waals surface area contributed by atoms with Crippen LogP contribution >= 0.6 is 0 Å². The van der Waals surface area contributed by atoms with Crippen molar-refractivity contribution in [2.75, 3.05) is 43.6 Å². The largest absolute Gasteiger partial charge is 0.368 e. The van der Waals surface area contributed by atoms with Crippen molar-refractivity contribution in [1.82, 2.24) is 9.80 Å². The number of hydrogen-bond donors (Lipinski definition) is 2. The van der Waals surface area contributed by atoms with Crippen LogP contribution in [0, 0.1) is 5.82 Å². The molecule has 2 aliphatic heterocycles. The van der Waals surface area contributed by atoms with Crippen LogP contribution in [-0.4, -0.2) is 66.6 Å². The number of anilines is 2. The van der Waals surface area contributed by atoms with E-state index >= 15 is 0 Å². The van der Waals surface area contributed by atoms with E-state index in [9.17, 15) is 14.0 Å². The Morgan fingerprint density at radius 2 is 1.84 bits per heavy atom. The molecule has 0 bridgehead atoms. The van der Waals surface area contributed by atoms with E-state index in [0.717, 1.165) is 38.3 Å². The summed E-state index contributed by atoms with van der Waals surface area (Å²) in [5.74, 6) is -1.39. The lowest BCUT2D eigenvalue weighted by atomic mass is 10.1. The summed E-state index contributed by atoms with van der Waals surface area (Å²) in [6, 6.07) is 12.5. The molecule has 168 valence electrons. The lowest BCUT2D eigenvalue weighted by Gasteiger charge is -2.32. The average Bonchev–Trinajstić information content (AvgIpc) is 3.22. The predicted molar refractivity (Wildman–Crippen MR) is 122 cm³/mol. The monoisotopic (exact) mass is 438 g/mol. The van der Waals surface area contributed by atoms with Gasteiger partial charge in [0.25, 0.3) is 5.91 Å². The van der Waals surface area contributed by atoms with E-state index in [1.165, 1.54) is 29.3 Å². The van der Waals surface area contributed by atoms with E-state index in [-0.39, 0.29) is 12.1 Å². The first kappa shape index (κ1) is 21.9. The highest BCUT2D eigenvalue weighted by Crippen LogP contribution is 2.25. The molecular formula is C23H27FN6O2. The molecule has 9 heteroatoms. The lowest BCUT2D eigenvalue weighted by Crippen LogP contribution is -2.43. The Bertz CT molecular complexity index is 1020. The maximum absolute atomic E-state index is 13.3. The number of amides is 2. The van der Waals surface area contributed by atoms with Crippen LogP contribution in [0.5, 0.6) is 0 Å². The molecule has 2 aromatic rings. The van der Waals surface area contributed by atoms with Crippen LogP contribution in [0.3, 0.4) is 0 Å². The van der Waals surface area contributed by atoms with Crippen molar-refractivity contribution in [3.63, 3.8) is 0 Å². The van der Waals surface area contributed by atoms with Gasteiger partial charge >= 0.3 is 0 Å². The minimum Gasteiger partial charge on any atom is -0.368 e. The standard InChI is InChI=1S/C23H27FN6O2/c1-28-9-11-29(12-10-28)15-16-3-2-4-18(13-16)26-23(32)20-14-21(22(25)31)30(27-20)19-7-5-17(24)6-8-19/h2-8,13,21H,9-12,14-15H2,1H3,(H2,25,31)(H,26,32). The second-order valence-corrected chi connectivity index (χ2v) is 8.22. The van der Waals surface area contributed by atoms with Crippen molar-refractivity contribution in [3.05, 3.63) is 59.9 Å². The van der Waals surface area contributed by atoms with E-state index in [2.05, 4.69) is 27.3 Å². The summed E-state index contributed by atoms with van der Waals surface area (Å²) < 4.78 is 13.3. The fourth-order valence-corrected chi connectivity index (χ4v) is 3.92. The number of piperazine rings is 1. The minimum atomic E-state index is -0.801. The number of carbonyl (C=O) groups is 2. The molecule has 8 nitrogen and oxygen atoms in total. The van der Waals surface area contributed by atoms with Gasteiger partial charge in [0.15, 0.2) is 0 Å². The van der Waals surface area contributed by atoms with Crippen LogP contribution in [0.4, 0.5) is 15.8 Å². The molecule has 32 heavy (non-hydrogen) atoms. The minimum absolute atomic E-state index is 0.0829. The molecule has 1 unspecified atom stereocenters. The van der Waals surface area contributed by atoms with Crippen molar-refractivity contribution < 1.29 is 14.0 Å². The summed E-state index contributed by atoms with van der Waals surface area (Å²) in [5.41, 5.74) is 7.99. The van der Waals surface area contributed by atoms with Crippen molar-refractivity contribution in [2.45, 2.75) is 19.0 Å². The van der Waals surface area contributed by atoms with Crippen LogP contribution < -0.4 is 16.1 Å². The van der Waals surface area contributed by atoms with Gasteiger partial charge in [0.05, 0.1) is 5.69 Å². The number of primary amides is 1. The molecule has 2 amide bonds. The fourth-order valence-electron chi connectivity index (χ4n) is 3.92. The number of likely N-dealkylation sites (N-methyl/N-ethyl adjacent to an activating group) is 1. The van der Waals surface area contributed by atoms with Crippen LogP contribution in [0.25, 0.3) is 0 Å². The van der Waals surface area contributed by atoms with Gasteiger partial charge in [-0.25, -0.2) is 4.39 Å². The fraction of sp³-hybridized carbons (Fsp3) is 0.348. The number of benzene rings is 2. The Hall–Kier alpha value is -3.30. The Kier molecular flexibility index (Phi) is 6.48. The molecule has 3 N–H and O–H groups in total. The van der Waals surface area contributed by atoms with Crippen LogP contribution in [0.15, 0.2) is 53.6 Å². The summed E-state index contributed by atoms with van der Waals surface area (Å²) in [7, 11) is 2.12. The van der Waals surface area contributed by atoms with E-state index in [1.54, 1.807) is 0 Å². The molecule has 1 saturated heterocycles. The number of hydrogen-bond acceptors (Lipinski definition) is 6. The SMILES string of the molecule is CN1CCN(Cc2cccc(NC(=O)C3=NN(c4ccc(F)cc4)C(C(N)=O)C3)c2)CC1. The zero-order valence-electron chi connectivity index (χ0n) is 18.0. The number of hydrazone groups is 1. The molecule has 4 rings (SSSR count). The van der Waals surface area contributed by atoms with E-state index < -0.39 is 23.7 Å². The number of halogens is 1. The van der Waals surface area contributed by atoms with E-state index in [1.807, 2.05) is 24.3 Å². The van der Waals surface area contributed by atoms with Crippen molar-refractivity contribution in [2.24, 2.45) is 10.8 Å². The number of nitrogens with one attached hydrogen (secondary N) is 1. The second kappa shape index (κ2) is 9.46. The summed E-state index contributed by atoms with van der Waals surface area (Å²) in [4.78, 5) is 29.5. The van der Waals surface area contributed by atoms with Gasteiger partial charge in [-0.15, -0.1) is 0 Å². The maximum atomic E-state index is 13.3. The van der Waals surface area contributed by atoms with Gasteiger partial charge < -0.3 is 16.0 Å². The molecule has 2 heterocycles. The Morgan fingerprint density at radius 3 is 2.53 bits per heavy atom. The van der Waals surface area contributed by atoms with Crippen LogP contribution in [0.2, 0.25) is 0 Å². The van der Waals surface area contributed by atoms with Gasteiger partial charge in [0.1, 0.15) is 17.6 Å². The quantitative estimate of drug-likeness (QED) is 0.715. The lowest BCUT2D eigenvalue weighted by molar-refractivity contribution is -0.119. The smallest absolute Gasteiger partial charge is 0.271 e. The van der Waals surface area contributed by atoms with Crippen molar-refractivity contribution in [3.8, 4) is 0 Å². The summed E-state index contributed by atoms with van der Waals surface area (Å²) in [6.07, 6.45) is 0.0829. The molecule has 2 aromatic carbocycles. The summed E-state index contributed by atoms with van der Waals surface area (Å²) in [6.45, 7) is 4.93. The third kappa shape index (κ3) is 5.12. The van der Waals surface area contributed by atoms with Gasteiger partial charge in [-0.1, -0.05) is 12.1 Å². The highest BCUT2D eigenvalue weighted by molar-refractivity contribution is 6.44. The number of nitrogens with two attached hydrogens (primary N) is 1. The highest BCUT2D eigenvalue weighted by Gasteiger charge is 2.35. The van der Waals surface area contributed by atoms with E-state index in [4.69, 9.17) is 5.73 Å². The Balaban J connectivity index is 1.44. The van der Waals surface area contributed by atoms with Gasteiger partial charge in [0, 0.05) is 44.8 Å². The Morgan fingerprint density at radius 1 is 1.12 bits per heavy atom. The average molecular weight is 439 g/mol. The Labute approximate surface area is 186 Å². The molecule has 0 saturated carbocycles.